The van der Waals surface area contributed by atoms with Crippen LogP contribution in [0.3, 0.4) is 0 Å². The predicted molar refractivity (Wildman–Crippen MR) is 58.8 cm³/mol. The summed E-state index contributed by atoms with van der Waals surface area (Å²) < 4.78 is 1.59. The molecular weight excluding hydrogens is 208 g/mol. The van der Waals surface area contributed by atoms with Crippen LogP contribution in [0.4, 0.5) is 0 Å². The highest BCUT2D eigenvalue weighted by Crippen LogP contribution is 2.15. The minimum absolute atomic E-state index is 0.418. The summed E-state index contributed by atoms with van der Waals surface area (Å²) in [5.74, 6) is -0.818. The highest BCUT2D eigenvalue weighted by atomic mass is 16.4. The number of hydrogen-bond donors (Lipinski definition) is 2. The predicted octanol–water partition coefficient (Wildman–Crippen LogP) is 0.548. The molecule has 6 nitrogen and oxygen atoms in total. The highest BCUT2D eigenvalue weighted by Gasteiger charge is 2.34. The van der Waals surface area contributed by atoms with Gasteiger partial charge in [-0.25, -0.2) is 0 Å². The van der Waals surface area contributed by atoms with Gasteiger partial charge in [0.2, 0.25) is 0 Å². The molecular formula is C10H18N4O2. The summed E-state index contributed by atoms with van der Waals surface area (Å²) in [6.07, 6.45) is 2.85. The standard InChI is InChI=1S/C10H18N4O2/c1-4-10(5-2,9(15)16)11-6-8-7-14(3)13-12-8/h7,11H,4-6H2,1-3H3,(H,15,16). The Morgan fingerprint density at radius 3 is 2.56 bits per heavy atom. The maximum atomic E-state index is 11.2. The van der Waals surface area contributed by atoms with Crippen LogP contribution in [-0.4, -0.2) is 31.6 Å². The van der Waals surface area contributed by atoms with Crippen molar-refractivity contribution in [3.05, 3.63) is 11.9 Å². The fraction of sp³-hybridized carbons (Fsp3) is 0.700. The molecule has 0 fully saturated rings. The molecule has 0 atom stereocenters. The van der Waals surface area contributed by atoms with E-state index in [2.05, 4.69) is 15.6 Å². The average molecular weight is 226 g/mol. The first-order chi connectivity index (χ1) is 7.54. The molecule has 0 radical (unpaired) electrons. The number of rotatable bonds is 6. The summed E-state index contributed by atoms with van der Waals surface area (Å²) in [7, 11) is 1.78. The number of carbonyl (C=O) groups is 1. The zero-order valence-electron chi connectivity index (χ0n) is 9.90. The second-order valence-corrected chi connectivity index (χ2v) is 3.83. The van der Waals surface area contributed by atoms with Crippen molar-refractivity contribution < 1.29 is 9.90 Å². The third kappa shape index (κ3) is 2.57. The molecule has 0 bridgehead atoms. The zero-order valence-corrected chi connectivity index (χ0v) is 9.90. The lowest BCUT2D eigenvalue weighted by Crippen LogP contribution is -2.50. The monoisotopic (exact) mass is 226 g/mol. The number of carboxylic acids is 1. The third-order valence-electron chi connectivity index (χ3n) is 2.87. The normalized spacial score (nSPS) is 11.7. The molecule has 0 aliphatic rings. The number of carboxylic acid groups (broad SMARTS) is 1. The van der Waals surface area contributed by atoms with Gasteiger partial charge in [-0.1, -0.05) is 19.1 Å². The van der Waals surface area contributed by atoms with Crippen molar-refractivity contribution in [2.45, 2.75) is 38.8 Å². The second-order valence-electron chi connectivity index (χ2n) is 3.83. The summed E-state index contributed by atoms with van der Waals surface area (Å²) in [4.78, 5) is 11.2. The quantitative estimate of drug-likeness (QED) is 0.740. The van der Waals surface area contributed by atoms with Gasteiger partial charge in [-0.05, 0) is 12.8 Å². The van der Waals surface area contributed by atoms with Crippen molar-refractivity contribution >= 4 is 5.97 Å². The summed E-state index contributed by atoms with van der Waals surface area (Å²) >= 11 is 0. The molecule has 0 saturated heterocycles. The molecule has 1 aromatic rings. The van der Waals surface area contributed by atoms with Gasteiger partial charge in [-0.2, -0.15) is 0 Å². The Kier molecular flexibility index (Phi) is 4.00. The van der Waals surface area contributed by atoms with Crippen LogP contribution in [0.1, 0.15) is 32.4 Å². The van der Waals surface area contributed by atoms with E-state index in [1.54, 1.807) is 17.9 Å². The number of nitrogens with one attached hydrogen (secondary N) is 1. The maximum Gasteiger partial charge on any atom is 0.323 e. The molecule has 90 valence electrons. The van der Waals surface area contributed by atoms with Crippen LogP contribution >= 0.6 is 0 Å². The lowest BCUT2D eigenvalue weighted by atomic mass is 9.93. The zero-order chi connectivity index (χ0) is 12.2. The molecule has 1 heterocycles. The second kappa shape index (κ2) is 5.07. The van der Waals surface area contributed by atoms with Crippen molar-refractivity contribution in [1.82, 2.24) is 20.3 Å². The van der Waals surface area contributed by atoms with Crippen molar-refractivity contribution in [2.75, 3.05) is 0 Å². The lowest BCUT2D eigenvalue weighted by molar-refractivity contribution is -0.145. The smallest absolute Gasteiger partial charge is 0.323 e. The number of nitrogens with zero attached hydrogens (tertiary/aromatic N) is 3. The number of hydrogen-bond acceptors (Lipinski definition) is 4. The molecule has 1 rings (SSSR count). The largest absolute Gasteiger partial charge is 0.480 e. The maximum absolute atomic E-state index is 11.2. The van der Waals surface area contributed by atoms with Gasteiger partial charge in [0.25, 0.3) is 0 Å². The van der Waals surface area contributed by atoms with Crippen LogP contribution < -0.4 is 5.32 Å². The minimum atomic E-state index is -0.864. The van der Waals surface area contributed by atoms with Crippen molar-refractivity contribution in [3.63, 3.8) is 0 Å². The summed E-state index contributed by atoms with van der Waals surface area (Å²) in [5, 5.41) is 19.9. The molecule has 16 heavy (non-hydrogen) atoms. The third-order valence-corrected chi connectivity index (χ3v) is 2.87. The van der Waals surface area contributed by atoms with Crippen LogP contribution in [0.2, 0.25) is 0 Å². The van der Waals surface area contributed by atoms with Gasteiger partial charge in [0.05, 0.1) is 5.69 Å². The van der Waals surface area contributed by atoms with Gasteiger partial charge in [0.15, 0.2) is 0 Å². The van der Waals surface area contributed by atoms with E-state index < -0.39 is 11.5 Å². The van der Waals surface area contributed by atoms with E-state index in [1.807, 2.05) is 13.8 Å². The van der Waals surface area contributed by atoms with Crippen LogP contribution in [0.25, 0.3) is 0 Å². The summed E-state index contributed by atoms with van der Waals surface area (Å²) in [6.45, 7) is 4.14. The van der Waals surface area contributed by atoms with Crippen LogP contribution in [0.15, 0.2) is 6.20 Å². The van der Waals surface area contributed by atoms with Crippen LogP contribution in [0, 0.1) is 0 Å². The van der Waals surface area contributed by atoms with E-state index in [0.29, 0.717) is 19.4 Å². The Labute approximate surface area is 94.7 Å². The molecule has 6 heteroatoms. The van der Waals surface area contributed by atoms with E-state index in [9.17, 15) is 9.90 Å². The van der Waals surface area contributed by atoms with Gasteiger partial charge in [-0.15, -0.1) is 5.10 Å². The van der Waals surface area contributed by atoms with Crippen LogP contribution in [-0.2, 0) is 18.4 Å². The Bertz CT molecular complexity index is 357. The number of aryl methyl sites for hydroxylation is 1. The Hall–Kier alpha value is -1.43. The van der Waals surface area contributed by atoms with Crippen molar-refractivity contribution in [2.24, 2.45) is 7.05 Å². The van der Waals surface area contributed by atoms with Gasteiger partial charge in [0.1, 0.15) is 5.54 Å². The average Bonchev–Trinajstić information content (AvgIpc) is 2.66. The number of aromatic nitrogens is 3. The first kappa shape index (κ1) is 12.6. The van der Waals surface area contributed by atoms with Crippen molar-refractivity contribution in [1.29, 1.82) is 0 Å². The molecule has 0 spiro atoms. The van der Waals surface area contributed by atoms with E-state index in [0.717, 1.165) is 5.69 Å². The van der Waals surface area contributed by atoms with Gasteiger partial charge in [-0.3, -0.25) is 14.8 Å². The molecule has 0 aliphatic carbocycles. The number of aliphatic carboxylic acids is 1. The molecule has 0 saturated carbocycles. The lowest BCUT2D eigenvalue weighted by Gasteiger charge is -2.27. The molecule has 0 aliphatic heterocycles. The SMILES string of the molecule is CCC(CC)(NCc1cn(C)nn1)C(=O)O. The van der Waals surface area contributed by atoms with Gasteiger partial charge in [0, 0.05) is 19.8 Å². The van der Waals surface area contributed by atoms with E-state index in [-0.39, 0.29) is 0 Å². The molecule has 0 amide bonds. The molecule has 0 aromatic carbocycles. The van der Waals surface area contributed by atoms with Crippen molar-refractivity contribution in [3.8, 4) is 0 Å². The Balaban J connectivity index is 2.67. The minimum Gasteiger partial charge on any atom is -0.480 e. The summed E-state index contributed by atoms with van der Waals surface area (Å²) in [5.41, 5.74) is -0.118. The van der Waals surface area contributed by atoms with Gasteiger partial charge < -0.3 is 5.11 Å². The van der Waals surface area contributed by atoms with Gasteiger partial charge >= 0.3 is 5.97 Å². The Morgan fingerprint density at radius 2 is 2.19 bits per heavy atom. The topological polar surface area (TPSA) is 80.0 Å². The van der Waals surface area contributed by atoms with E-state index in [1.165, 1.54) is 0 Å². The first-order valence-corrected chi connectivity index (χ1v) is 5.37. The highest BCUT2D eigenvalue weighted by molar-refractivity contribution is 5.78. The molecule has 1 aromatic heterocycles. The first-order valence-electron chi connectivity index (χ1n) is 5.37. The van der Waals surface area contributed by atoms with Crippen LogP contribution in [0.5, 0.6) is 0 Å². The molecule has 0 unspecified atom stereocenters. The molecule has 2 N–H and O–H groups in total. The fourth-order valence-corrected chi connectivity index (χ4v) is 1.61. The summed E-state index contributed by atoms with van der Waals surface area (Å²) in [6, 6.07) is 0. The fourth-order valence-electron chi connectivity index (χ4n) is 1.61. The van der Waals surface area contributed by atoms with E-state index in [4.69, 9.17) is 0 Å². The Morgan fingerprint density at radius 1 is 1.56 bits per heavy atom. The van der Waals surface area contributed by atoms with E-state index >= 15 is 0 Å².